The van der Waals surface area contributed by atoms with Crippen molar-refractivity contribution in [2.24, 2.45) is 11.3 Å². The number of nitrogens with zero attached hydrogens (tertiary/aromatic N) is 2. The first kappa shape index (κ1) is 24.2. The lowest BCUT2D eigenvalue weighted by atomic mass is 9.68. The minimum Gasteiger partial charge on any atom is -0.504 e. The van der Waals surface area contributed by atoms with E-state index in [2.05, 4.69) is 30.3 Å². The SMILES string of the molecule is CCCC(CC1CCC2=Cc3c(cnn3-c3ccc(F)cc3)CC21C)NC(=O)c1cccc(F)c1O. The first-order valence-corrected chi connectivity index (χ1v) is 12.6. The highest BCUT2D eigenvalue weighted by atomic mass is 19.1. The molecule has 0 bridgehead atoms. The number of allylic oxidation sites excluding steroid dienone is 1. The normalized spacial score (nSPS) is 21.4. The summed E-state index contributed by atoms with van der Waals surface area (Å²) in [5.74, 6) is -1.76. The van der Waals surface area contributed by atoms with Crippen LogP contribution in [0.3, 0.4) is 0 Å². The van der Waals surface area contributed by atoms with E-state index >= 15 is 0 Å². The average molecular weight is 492 g/mol. The Morgan fingerprint density at radius 1 is 1.25 bits per heavy atom. The maximum Gasteiger partial charge on any atom is 0.255 e. The summed E-state index contributed by atoms with van der Waals surface area (Å²) >= 11 is 0. The van der Waals surface area contributed by atoms with E-state index in [-0.39, 0.29) is 22.8 Å². The Labute approximate surface area is 209 Å². The van der Waals surface area contributed by atoms with E-state index in [1.54, 1.807) is 12.1 Å². The number of benzene rings is 2. The van der Waals surface area contributed by atoms with Crippen molar-refractivity contribution in [3.63, 3.8) is 0 Å². The predicted molar refractivity (Wildman–Crippen MR) is 135 cm³/mol. The molecule has 2 aliphatic rings. The summed E-state index contributed by atoms with van der Waals surface area (Å²) in [6, 6.07) is 10.3. The van der Waals surface area contributed by atoms with Crippen LogP contribution >= 0.6 is 0 Å². The van der Waals surface area contributed by atoms with Gasteiger partial charge in [-0.25, -0.2) is 13.5 Å². The van der Waals surface area contributed by atoms with Crippen molar-refractivity contribution in [3.8, 4) is 11.4 Å². The Balaban J connectivity index is 1.35. The van der Waals surface area contributed by atoms with Gasteiger partial charge in [0.1, 0.15) is 5.82 Å². The van der Waals surface area contributed by atoms with Crippen molar-refractivity contribution in [1.82, 2.24) is 15.1 Å². The van der Waals surface area contributed by atoms with Gasteiger partial charge in [0.25, 0.3) is 5.91 Å². The van der Waals surface area contributed by atoms with Crippen molar-refractivity contribution >= 4 is 12.0 Å². The smallest absolute Gasteiger partial charge is 0.255 e. The molecule has 5 nitrogen and oxygen atoms in total. The van der Waals surface area contributed by atoms with Crippen LogP contribution in [0, 0.1) is 23.0 Å². The first-order chi connectivity index (χ1) is 17.3. The molecule has 1 fully saturated rings. The molecule has 7 heteroatoms. The van der Waals surface area contributed by atoms with Crippen molar-refractivity contribution in [3.05, 3.63) is 82.7 Å². The van der Waals surface area contributed by atoms with Crippen LogP contribution in [0.5, 0.6) is 5.75 Å². The molecule has 1 saturated carbocycles. The number of phenolic OH excluding ortho intramolecular Hbond substituents is 1. The van der Waals surface area contributed by atoms with E-state index in [0.717, 1.165) is 56.0 Å². The molecule has 3 aromatic rings. The van der Waals surface area contributed by atoms with E-state index in [1.807, 2.05) is 10.9 Å². The van der Waals surface area contributed by atoms with Crippen LogP contribution in [-0.2, 0) is 6.42 Å². The topological polar surface area (TPSA) is 67.2 Å². The molecule has 2 N–H and O–H groups in total. The molecule has 0 spiro atoms. The van der Waals surface area contributed by atoms with Gasteiger partial charge in [-0.15, -0.1) is 0 Å². The van der Waals surface area contributed by atoms with Crippen LogP contribution < -0.4 is 5.32 Å². The summed E-state index contributed by atoms with van der Waals surface area (Å²) in [5.41, 5.74) is 4.35. The number of hydrogen-bond acceptors (Lipinski definition) is 3. The summed E-state index contributed by atoms with van der Waals surface area (Å²) in [6.45, 7) is 4.38. The van der Waals surface area contributed by atoms with E-state index in [1.165, 1.54) is 35.4 Å². The molecule has 1 heterocycles. The van der Waals surface area contributed by atoms with Gasteiger partial charge in [0, 0.05) is 6.04 Å². The lowest BCUT2D eigenvalue weighted by Gasteiger charge is -2.37. The molecular weight excluding hydrogens is 460 g/mol. The molecular formula is C29H31F2N3O2. The Bertz CT molecular complexity index is 1310. The summed E-state index contributed by atoms with van der Waals surface area (Å²) < 4.78 is 29.1. The third-order valence-electron chi connectivity index (χ3n) is 8.00. The Hall–Kier alpha value is -3.48. The molecule has 0 radical (unpaired) electrons. The highest BCUT2D eigenvalue weighted by Gasteiger charge is 2.46. The van der Waals surface area contributed by atoms with Crippen LogP contribution in [0.25, 0.3) is 11.8 Å². The van der Waals surface area contributed by atoms with Gasteiger partial charge in [0.05, 0.1) is 23.1 Å². The maximum atomic E-state index is 13.8. The number of nitrogens with one attached hydrogen (secondary N) is 1. The molecule has 188 valence electrons. The predicted octanol–water partition coefficient (Wildman–Crippen LogP) is 6.20. The van der Waals surface area contributed by atoms with E-state index < -0.39 is 17.5 Å². The summed E-state index contributed by atoms with van der Waals surface area (Å²) in [4.78, 5) is 12.9. The number of amides is 1. The Kier molecular flexibility index (Phi) is 6.41. The number of rotatable bonds is 7. The second-order valence-corrected chi connectivity index (χ2v) is 10.3. The highest BCUT2D eigenvalue weighted by molar-refractivity contribution is 5.97. The van der Waals surface area contributed by atoms with Crippen LogP contribution in [-0.4, -0.2) is 26.8 Å². The maximum absolute atomic E-state index is 13.8. The Morgan fingerprint density at radius 3 is 2.78 bits per heavy atom. The van der Waals surface area contributed by atoms with Gasteiger partial charge in [0.15, 0.2) is 11.6 Å². The number of para-hydroxylation sites is 1. The van der Waals surface area contributed by atoms with Gasteiger partial charge in [-0.2, -0.15) is 5.10 Å². The monoisotopic (exact) mass is 491 g/mol. The number of phenols is 1. The second-order valence-electron chi connectivity index (χ2n) is 10.3. The van der Waals surface area contributed by atoms with E-state index in [4.69, 9.17) is 0 Å². The highest BCUT2D eigenvalue weighted by Crippen LogP contribution is 2.54. The fourth-order valence-corrected chi connectivity index (χ4v) is 6.00. The minimum absolute atomic E-state index is 0.0372. The number of carbonyl (C=O) groups is 1. The zero-order chi connectivity index (χ0) is 25.4. The largest absolute Gasteiger partial charge is 0.504 e. The fourth-order valence-electron chi connectivity index (χ4n) is 6.00. The van der Waals surface area contributed by atoms with Crippen molar-refractivity contribution < 1.29 is 18.7 Å². The van der Waals surface area contributed by atoms with Crippen LogP contribution in [0.1, 0.15) is 67.6 Å². The fraction of sp³-hybridized carbons (Fsp3) is 0.379. The number of carbonyl (C=O) groups excluding carboxylic acids is 1. The number of fused-ring (bicyclic) bond motifs is 2. The van der Waals surface area contributed by atoms with Crippen molar-refractivity contribution in [1.29, 1.82) is 0 Å². The number of aromatic hydroxyl groups is 1. The van der Waals surface area contributed by atoms with Crippen LogP contribution in [0.4, 0.5) is 8.78 Å². The number of hydrogen-bond donors (Lipinski definition) is 2. The van der Waals surface area contributed by atoms with Gasteiger partial charge in [-0.3, -0.25) is 4.79 Å². The molecule has 3 unspecified atom stereocenters. The standard InChI is InChI=1S/C29H31F2N3O2/c1-3-5-22(33-28(36)24-6-4-7-25(31)27(24)35)14-19-8-9-20-15-26-18(16-29(19,20)2)17-32-34(26)23-12-10-21(30)11-13-23/h4,6-7,10-13,15,17,19,22,35H,3,5,8-9,14,16H2,1-2H3,(H,33,36). The lowest BCUT2D eigenvalue weighted by Crippen LogP contribution is -2.39. The van der Waals surface area contributed by atoms with Gasteiger partial charge < -0.3 is 10.4 Å². The molecule has 2 aromatic carbocycles. The first-order valence-electron chi connectivity index (χ1n) is 12.6. The third-order valence-corrected chi connectivity index (χ3v) is 8.00. The van der Waals surface area contributed by atoms with Crippen molar-refractivity contribution in [2.75, 3.05) is 0 Å². The van der Waals surface area contributed by atoms with E-state index in [0.29, 0.717) is 5.92 Å². The van der Waals surface area contributed by atoms with Crippen LogP contribution in [0.15, 0.2) is 54.2 Å². The molecule has 3 atom stereocenters. The van der Waals surface area contributed by atoms with Gasteiger partial charge in [0.2, 0.25) is 0 Å². The zero-order valence-electron chi connectivity index (χ0n) is 20.6. The minimum atomic E-state index is -0.799. The van der Waals surface area contributed by atoms with Gasteiger partial charge >= 0.3 is 0 Å². The Morgan fingerprint density at radius 2 is 2.03 bits per heavy atom. The molecule has 2 aliphatic carbocycles. The van der Waals surface area contributed by atoms with Crippen LogP contribution in [0.2, 0.25) is 0 Å². The molecule has 1 amide bonds. The second kappa shape index (κ2) is 9.52. The van der Waals surface area contributed by atoms with Gasteiger partial charge in [-0.1, -0.05) is 31.9 Å². The molecule has 5 rings (SSSR count). The molecule has 1 aromatic heterocycles. The average Bonchev–Trinajstić information content (AvgIpc) is 3.39. The quantitative estimate of drug-likeness (QED) is 0.414. The summed E-state index contributed by atoms with van der Waals surface area (Å²) in [6.07, 6.45) is 9.53. The lowest BCUT2D eigenvalue weighted by molar-refractivity contribution is 0.0917. The van der Waals surface area contributed by atoms with Crippen molar-refractivity contribution in [2.45, 2.75) is 58.4 Å². The summed E-state index contributed by atoms with van der Waals surface area (Å²) in [7, 11) is 0. The third kappa shape index (κ3) is 4.31. The molecule has 36 heavy (non-hydrogen) atoms. The summed E-state index contributed by atoms with van der Waals surface area (Å²) in [5, 5.41) is 17.7. The molecule has 0 saturated heterocycles. The number of aromatic nitrogens is 2. The zero-order valence-corrected chi connectivity index (χ0v) is 20.6. The van der Waals surface area contributed by atoms with Gasteiger partial charge in [-0.05, 0) is 91.5 Å². The number of halogens is 2. The molecule has 0 aliphatic heterocycles. The van der Waals surface area contributed by atoms with E-state index in [9.17, 15) is 18.7 Å².